The van der Waals surface area contributed by atoms with E-state index < -0.39 is 5.82 Å². The molecule has 0 aliphatic heterocycles. The maximum absolute atomic E-state index is 14.2. The number of para-hydroxylation sites is 3. The van der Waals surface area contributed by atoms with Crippen LogP contribution in [0.3, 0.4) is 0 Å². The molecule has 0 atom stereocenters. The summed E-state index contributed by atoms with van der Waals surface area (Å²) in [4.78, 5) is 18.0. The molecule has 0 unspecified atom stereocenters. The van der Waals surface area contributed by atoms with E-state index in [4.69, 9.17) is 4.74 Å². The minimum absolute atomic E-state index is 0.180. The number of nitrogens with zero attached hydrogens (tertiary/aromatic N) is 5. The molecule has 0 N–H and O–H groups in total. The Balaban J connectivity index is 1.54. The van der Waals surface area contributed by atoms with E-state index in [1.54, 1.807) is 31.6 Å². The van der Waals surface area contributed by atoms with E-state index in [9.17, 15) is 9.18 Å². The third-order valence-electron chi connectivity index (χ3n) is 4.35. The van der Waals surface area contributed by atoms with Crippen LogP contribution in [0.15, 0.2) is 65.4 Å². The monoisotopic (exact) mass is 455 g/mol. The van der Waals surface area contributed by atoms with E-state index in [0.29, 0.717) is 21.8 Å². The summed E-state index contributed by atoms with van der Waals surface area (Å²) < 4.78 is 21.5. The standard InChI is InChI=1S/C21H18FN5O2S2/c1-14(28)27(17-8-4-3-7-16(17)22)20-24-15(11-30-20)12-31-21-25-23-13-26(21)18-9-5-6-10-19(18)29-2/h3-11,13H,12H2,1-2H3. The number of carbonyl (C=O) groups excluding carboxylic acids is 1. The smallest absolute Gasteiger partial charge is 0.230 e. The lowest BCUT2D eigenvalue weighted by Crippen LogP contribution is -2.23. The fourth-order valence-electron chi connectivity index (χ4n) is 2.96. The second-order valence-corrected chi connectivity index (χ2v) is 8.15. The molecule has 0 radical (unpaired) electrons. The van der Waals surface area contributed by atoms with Crippen molar-refractivity contribution in [2.45, 2.75) is 17.8 Å². The Morgan fingerprint density at radius 2 is 2.00 bits per heavy atom. The molecule has 0 bridgehead atoms. The largest absolute Gasteiger partial charge is 0.495 e. The average Bonchev–Trinajstić information content (AvgIpc) is 3.43. The Hall–Kier alpha value is -3.24. The summed E-state index contributed by atoms with van der Waals surface area (Å²) in [5.41, 5.74) is 1.76. The van der Waals surface area contributed by atoms with Gasteiger partial charge in [-0.15, -0.1) is 21.5 Å². The van der Waals surface area contributed by atoms with Crippen LogP contribution in [0.1, 0.15) is 12.6 Å². The lowest BCUT2D eigenvalue weighted by molar-refractivity contribution is -0.115. The third-order valence-corrected chi connectivity index (χ3v) is 6.20. The predicted octanol–water partition coefficient (Wildman–Crippen LogP) is 4.85. The molecule has 0 aliphatic carbocycles. The van der Waals surface area contributed by atoms with Crippen molar-refractivity contribution in [3.63, 3.8) is 0 Å². The van der Waals surface area contributed by atoms with Gasteiger partial charge in [0.25, 0.3) is 0 Å². The fraction of sp³-hybridized carbons (Fsp3) is 0.143. The molecule has 0 fully saturated rings. The van der Waals surface area contributed by atoms with Gasteiger partial charge in [-0.05, 0) is 24.3 Å². The molecule has 10 heteroatoms. The first kappa shape index (κ1) is 21.0. The summed E-state index contributed by atoms with van der Waals surface area (Å²) in [6.45, 7) is 1.39. The van der Waals surface area contributed by atoms with Gasteiger partial charge >= 0.3 is 0 Å². The van der Waals surface area contributed by atoms with E-state index in [1.165, 1.54) is 41.0 Å². The fourth-order valence-corrected chi connectivity index (χ4v) is 4.76. The molecule has 31 heavy (non-hydrogen) atoms. The number of ether oxygens (including phenoxy) is 1. The van der Waals surface area contributed by atoms with Gasteiger partial charge in [0.2, 0.25) is 5.91 Å². The van der Waals surface area contributed by atoms with E-state index in [2.05, 4.69) is 15.2 Å². The number of aromatic nitrogens is 4. The first-order valence-corrected chi connectivity index (χ1v) is 11.1. The third kappa shape index (κ3) is 4.44. The molecule has 0 saturated carbocycles. The summed E-state index contributed by atoms with van der Waals surface area (Å²) in [5.74, 6) is 0.429. The minimum Gasteiger partial charge on any atom is -0.495 e. The number of thiazole rings is 1. The molecule has 4 aromatic rings. The first-order valence-electron chi connectivity index (χ1n) is 9.24. The maximum Gasteiger partial charge on any atom is 0.230 e. The molecule has 0 aliphatic rings. The highest BCUT2D eigenvalue weighted by Gasteiger charge is 2.21. The quantitative estimate of drug-likeness (QED) is 0.371. The Morgan fingerprint density at radius 1 is 1.23 bits per heavy atom. The van der Waals surface area contributed by atoms with Crippen LogP contribution in [-0.4, -0.2) is 32.8 Å². The molecule has 2 aromatic heterocycles. The summed E-state index contributed by atoms with van der Waals surface area (Å²) in [7, 11) is 1.61. The van der Waals surface area contributed by atoms with E-state index in [0.717, 1.165) is 11.4 Å². The number of rotatable bonds is 7. The Kier molecular flexibility index (Phi) is 6.28. The Labute approximate surface area is 186 Å². The number of hydrogen-bond acceptors (Lipinski definition) is 7. The number of anilines is 2. The van der Waals surface area contributed by atoms with Crippen molar-refractivity contribution in [2.75, 3.05) is 12.0 Å². The van der Waals surface area contributed by atoms with Crippen molar-refractivity contribution in [3.8, 4) is 11.4 Å². The van der Waals surface area contributed by atoms with E-state index >= 15 is 0 Å². The average molecular weight is 456 g/mol. The molecule has 158 valence electrons. The van der Waals surface area contributed by atoms with E-state index in [1.807, 2.05) is 34.2 Å². The van der Waals surface area contributed by atoms with Crippen LogP contribution < -0.4 is 9.64 Å². The molecular weight excluding hydrogens is 437 g/mol. The van der Waals surface area contributed by atoms with Gasteiger partial charge in [0.1, 0.15) is 17.9 Å². The second kappa shape index (κ2) is 9.27. The molecular formula is C21H18FN5O2S2. The number of carbonyl (C=O) groups is 1. The first-order chi connectivity index (χ1) is 15.1. The number of methoxy groups -OCH3 is 1. The molecule has 2 heterocycles. The van der Waals surface area contributed by atoms with Crippen molar-refractivity contribution < 1.29 is 13.9 Å². The number of thioether (sulfide) groups is 1. The van der Waals surface area contributed by atoms with Crippen LogP contribution in [0, 0.1) is 5.82 Å². The van der Waals surface area contributed by atoms with Gasteiger partial charge in [0, 0.05) is 18.1 Å². The maximum atomic E-state index is 14.2. The van der Waals surface area contributed by atoms with Gasteiger partial charge in [0.05, 0.1) is 24.2 Å². The summed E-state index contributed by atoms with van der Waals surface area (Å²) in [6.07, 6.45) is 1.63. The van der Waals surface area contributed by atoms with Crippen molar-refractivity contribution in [2.24, 2.45) is 0 Å². The molecule has 0 spiro atoms. The second-order valence-electron chi connectivity index (χ2n) is 6.37. The van der Waals surface area contributed by atoms with Gasteiger partial charge in [-0.3, -0.25) is 14.3 Å². The lowest BCUT2D eigenvalue weighted by Gasteiger charge is -2.18. The van der Waals surface area contributed by atoms with E-state index in [-0.39, 0.29) is 11.6 Å². The van der Waals surface area contributed by atoms with Crippen LogP contribution in [0.2, 0.25) is 0 Å². The predicted molar refractivity (Wildman–Crippen MR) is 119 cm³/mol. The molecule has 0 saturated heterocycles. The zero-order valence-electron chi connectivity index (χ0n) is 16.7. The normalized spacial score (nSPS) is 10.8. The van der Waals surface area contributed by atoms with Crippen LogP contribution >= 0.6 is 23.1 Å². The highest BCUT2D eigenvalue weighted by molar-refractivity contribution is 7.98. The van der Waals surface area contributed by atoms with Gasteiger partial charge in [-0.2, -0.15) is 0 Å². The van der Waals surface area contributed by atoms with Gasteiger partial charge in [-0.25, -0.2) is 9.37 Å². The van der Waals surface area contributed by atoms with Crippen molar-refractivity contribution in [3.05, 3.63) is 71.7 Å². The number of halogens is 1. The molecule has 7 nitrogen and oxygen atoms in total. The number of benzene rings is 2. The Morgan fingerprint density at radius 3 is 2.77 bits per heavy atom. The zero-order chi connectivity index (χ0) is 21.8. The van der Waals surface area contributed by atoms with Crippen LogP contribution in [0.5, 0.6) is 5.75 Å². The molecule has 2 aromatic carbocycles. The van der Waals surface area contributed by atoms with Crippen molar-refractivity contribution >= 4 is 39.8 Å². The molecule has 4 rings (SSSR count). The number of amides is 1. The topological polar surface area (TPSA) is 73.1 Å². The Bertz CT molecular complexity index is 1210. The molecule has 1 amide bonds. The van der Waals surface area contributed by atoms with Crippen molar-refractivity contribution in [1.82, 2.24) is 19.7 Å². The van der Waals surface area contributed by atoms with Crippen molar-refractivity contribution in [1.29, 1.82) is 0 Å². The van der Waals surface area contributed by atoms with Crippen LogP contribution in [0.4, 0.5) is 15.2 Å². The SMILES string of the molecule is COc1ccccc1-n1cnnc1SCc1csc(N(C(C)=O)c2ccccc2F)n1. The summed E-state index contributed by atoms with van der Waals surface area (Å²) in [6, 6.07) is 13.7. The van der Waals surface area contributed by atoms with Gasteiger partial charge in [-0.1, -0.05) is 36.0 Å². The highest BCUT2D eigenvalue weighted by atomic mass is 32.2. The van der Waals surface area contributed by atoms with Gasteiger partial charge in [0.15, 0.2) is 10.3 Å². The highest BCUT2D eigenvalue weighted by Crippen LogP contribution is 2.33. The van der Waals surface area contributed by atoms with Crippen LogP contribution in [-0.2, 0) is 10.5 Å². The minimum atomic E-state index is -0.478. The lowest BCUT2D eigenvalue weighted by atomic mass is 10.3. The zero-order valence-corrected chi connectivity index (χ0v) is 18.4. The van der Waals surface area contributed by atoms with Crippen LogP contribution in [0.25, 0.3) is 5.69 Å². The summed E-state index contributed by atoms with van der Waals surface area (Å²) in [5, 5.41) is 11.2. The summed E-state index contributed by atoms with van der Waals surface area (Å²) >= 11 is 2.74. The number of hydrogen-bond donors (Lipinski definition) is 0. The van der Waals surface area contributed by atoms with Gasteiger partial charge < -0.3 is 4.74 Å².